The molecule has 7 heteroatoms. The Morgan fingerprint density at radius 2 is 2.14 bits per heavy atom. The van der Waals surface area contributed by atoms with Gasteiger partial charge in [0.1, 0.15) is 5.69 Å². The zero-order valence-electron chi connectivity index (χ0n) is 10.9. The van der Waals surface area contributed by atoms with E-state index in [1.807, 2.05) is 6.07 Å². The Bertz CT molecular complexity index is 789. The van der Waals surface area contributed by atoms with Gasteiger partial charge in [0.15, 0.2) is 11.5 Å². The highest BCUT2D eigenvalue weighted by molar-refractivity contribution is 9.10. The summed E-state index contributed by atoms with van der Waals surface area (Å²) in [4.78, 5) is 8.52. The molecule has 2 heterocycles. The van der Waals surface area contributed by atoms with Gasteiger partial charge < -0.3 is 14.4 Å². The van der Waals surface area contributed by atoms with Crippen LogP contribution in [-0.4, -0.2) is 27.3 Å². The fourth-order valence-electron chi connectivity index (χ4n) is 1.80. The predicted molar refractivity (Wildman–Crippen MR) is 78.9 cm³/mol. The van der Waals surface area contributed by atoms with Crippen molar-refractivity contribution < 1.29 is 14.4 Å². The lowest BCUT2D eigenvalue weighted by atomic mass is 10.2. The Balaban J connectivity index is 2.01. The van der Waals surface area contributed by atoms with Gasteiger partial charge in [-0.05, 0) is 46.3 Å². The molecule has 0 bridgehead atoms. The van der Waals surface area contributed by atoms with E-state index in [1.165, 1.54) is 13.2 Å². The van der Waals surface area contributed by atoms with Crippen LogP contribution in [0, 0.1) is 0 Å². The fourth-order valence-corrected chi connectivity index (χ4v) is 2.23. The quantitative estimate of drug-likeness (QED) is 0.782. The van der Waals surface area contributed by atoms with E-state index >= 15 is 0 Å². The van der Waals surface area contributed by atoms with Crippen LogP contribution in [0.25, 0.3) is 23.0 Å². The lowest BCUT2D eigenvalue weighted by Crippen LogP contribution is -1.87. The highest BCUT2D eigenvalue weighted by Gasteiger charge is 2.15. The maximum Gasteiger partial charge on any atom is 0.258 e. The number of pyridine rings is 1. The number of aromatic hydroxyl groups is 1. The van der Waals surface area contributed by atoms with Gasteiger partial charge >= 0.3 is 0 Å². The molecule has 2 aromatic heterocycles. The summed E-state index contributed by atoms with van der Waals surface area (Å²) in [5, 5.41) is 13.5. The lowest BCUT2D eigenvalue weighted by Gasteiger charge is -2.03. The summed E-state index contributed by atoms with van der Waals surface area (Å²) < 4.78 is 11.1. The topological polar surface area (TPSA) is 81.3 Å². The molecule has 0 atom stereocenters. The number of halogens is 1. The van der Waals surface area contributed by atoms with Crippen LogP contribution >= 0.6 is 15.9 Å². The van der Waals surface area contributed by atoms with Gasteiger partial charge in [0.2, 0.25) is 5.82 Å². The largest absolute Gasteiger partial charge is 0.504 e. The minimum absolute atomic E-state index is 0.0495. The maximum absolute atomic E-state index is 9.59. The Morgan fingerprint density at radius 1 is 1.29 bits per heavy atom. The van der Waals surface area contributed by atoms with Gasteiger partial charge in [0, 0.05) is 16.2 Å². The van der Waals surface area contributed by atoms with Crippen molar-refractivity contribution >= 4 is 15.9 Å². The average Bonchev–Trinajstić information content (AvgIpc) is 2.98. The molecule has 0 fully saturated rings. The molecule has 0 aliphatic rings. The van der Waals surface area contributed by atoms with Gasteiger partial charge in [-0.25, -0.2) is 0 Å². The van der Waals surface area contributed by atoms with Gasteiger partial charge in [-0.3, -0.25) is 4.98 Å². The van der Waals surface area contributed by atoms with Crippen molar-refractivity contribution in [2.75, 3.05) is 7.11 Å². The smallest absolute Gasteiger partial charge is 0.258 e. The molecule has 21 heavy (non-hydrogen) atoms. The van der Waals surface area contributed by atoms with Crippen LogP contribution in [-0.2, 0) is 0 Å². The normalized spacial score (nSPS) is 10.6. The van der Waals surface area contributed by atoms with Crippen LogP contribution in [0.15, 0.2) is 45.5 Å². The summed E-state index contributed by atoms with van der Waals surface area (Å²) in [6.45, 7) is 0. The first-order valence-electron chi connectivity index (χ1n) is 6.01. The van der Waals surface area contributed by atoms with E-state index in [9.17, 15) is 5.11 Å². The molecule has 0 amide bonds. The zero-order chi connectivity index (χ0) is 14.8. The standard InChI is InChI=1S/C14H10BrN3O3/c1-20-11-7-8(4-5-10(11)19)14-17-13(18-21-14)12-9(15)3-2-6-16-12/h2-7,19H,1H3. The van der Waals surface area contributed by atoms with Crippen molar-refractivity contribution in [1.29, 1.82) is 0 Å². The molecule has 106 valence electrons. The number of rotatable bonds is 3. The van der Waals surface area contributed by atoms with Crippen molar-refractivity contribution in [3.63, 3.8) is 0 Å². The minimum atomic E-state index is 0.0495. The van der Waals surface area contributed by atoms with Crippen molar-refractivity contribution in [2.24, 2.45) is 0 Å². The molecular formula is C14H10BrN3O3. The van der Waals surface area contributed by atoms with E-state index in [-0.39, 0.29) is 5.75 Å². The highest BCUT2D eigenvalue weighted by Crippen LogP contribution is 2.32. The second kappa shape index (κ2) is 5.53. The van der Waals surface area contributed by atoms with Gasteiger partial charge in [-0.2, -0.15) is 4.98 Å². The first-order valence-corrected chi connectivity index (χ1v) is 6.80. The van der Waals surface area contributed by atoms with Gasteiger partial charge in [0.05, 0.1) is 7.11 Å². The van der Waals surface area contributed by atoms with E-state index < -0.39 is 0 Å². The Labute approximate surface area is 128 Å². The maximum atomic E-state index is 9.59. The van der Waals surface area contributed by atoms with Crippen LogP contribution < -0.4 is 4.74 Å². The van der Waals surface area contributed by atoms with E-state index in [4.69, 9.17) is 9.26 Å². The number of hydrogen-bond donors (Lipinski definition) is 1. The third-order valence-corrected chi connectivity index (χ3v) is 3.46. The number of phenolic OH excluding ortho intramolecular Hbond substituents is 1. The first kappa shape index (κ1) is 13.6. The number of hydrogen-bond acceptors (Lipinski definition) is 6. The van der Waals surface area contributed by atoms with Crippen molar-refractivity contribution in [3.8, 4) is 34.5 Å². The third-order valence-electron chi connectivity index (χ3n) is 2.82. The van der Waals surface area contributed by atoms with Gasteiger partial charge in [0.25, 0.3) is 5.89 Å². The van der Waals surface area contributed by atoms with Crippen molar-refractivity contribution in [2.45, 2.75) is 0 Å². The fraction of sp³-hybridized carbons (Fsp3) is 0.0714. The van der Waals surface area contributed by atoms with Crippen molar-refractivity contribution in [3.05, 3.63) is 41.0 Å². The van der Waals surface area contributed by atoms with E-state index in [0.29, 0.717) is 28.7 Å². The molecule has 0 unspecified atom stereocenters. The first-order chi connectivity index (χ1) is 10.2. The summed E-state index contributed by atoms with van der Waals surface area (Å²) in [5.41, 5.74) is 1.24. The zero-order valence-corrected chi connectivity index (χ0v) is 12.5. The van der Waals surface area contributed by atoms with Crippen LogP contribution in [0.1, 0.15) is 0 Å². The minimum Gasteiger partial charge on any atom is -0.504 e. The van der Waals surface area contributed by atoms with Crippen LogP contribution in [0.3, 0.4) is 0 Å². The molecule has 0 saturated heterocycles. The second-order valence-electron chi connectivity index (χ2n) is 4.14. The number of methoxy groups -OCH3 is 1. The van der Waals surface area contributed by atoms with Crippen LogP contribution in [0.5, 0.6) is 11.5 Å². The molecule has 3 rings (SSSR count). The van der Waals surface area contributed by atoms with Gasteiger partial charge in [-0.1, -0.05) is 5.16 Å². The monoisotopic (exact) mass is 347 g/mol. The Kier molecular flexibility index (Phi) is 3.57. The SMILES string of the molecule is COc1cc(-c2nc(-c3ncccc3Br)no2)ccc1O. The summed E-state index contributed by atoms with van der Waals surface area (Å²) in [5.74, 6) is 1.09. The molecule has 1 aromatic carbocycles. The highest BCUT2D eigenvalue weighted by atomic mass is 79.9. The second-order valence-corrected chi connectivity index (χ2v) is 5.00. The molecular weight excluding hydrogens is 338 g/mol. The molecule has 0 spiro atoms. The van der Waals surface area contributed by atoms with E-state index in [0.717, 1.165) is 4.47 Å². The van der Waals surface area contributed by atoms with Crippen LogP contribution in [0.4, 0.5) is 0 Å². The Morgan fingerprint density at radius 3 is 2.90 bits per heavy atom. The number of benzene rings is 1. The average molecular weight is 348 g/mol. The third kappa shape index (κ3) is 2.59. The number of nitrogens with zero attached hydrogens (tertiary/aromatic N) is 3. The predicted octanol–water partition coefficient (Wildman–Crippen LogP) is 3.28. The molecule has 1 N–H and O–H groups in total. The molecule has 0 aliphatic heterocycles. The number of phenols is 1. The molecule has 0 radical (unpaired) electrons. The van der Waals surface area contributed by atoms with Crippen LogP contribution in [0.2, 0.25) is 0 Å². The summed E-state index contributed by atoms with van der Waals surface area (Å²) in [7, 11) is 1.48. The molecule has 3 aromatic rings. The summed E-state index contributed by atoms with van der Waals surface area (Å²) in [6.07, 6.45) is 1.65. The molecule has 6 nitrogen and oxygen atoms in total. The van der Waals surface area contributed by atoms with Crippen molar-refractivity contribution in [1.82, 2.24) is 15.1 Å². The summed E-state index contributed by atoms with van der Waals surface area (Å²) in [6, 6.07) is 8.46. The number of aromatic nitrogens is 3. The molecule has 0 saturated carbocycles. The van der Waals surface area contributed by atoms with E-state index in [1.54, 1.807) is 24.4 Å². The summed E-state index contributed by atoms with van der Waals surface area (Å²) >= 11 is 3.39. The number of ether oxygens (including phenoxy) is 1. The van der Waals surface area contributed by atoms with Gasteiger partial charge in [-0.15, -0.1) is 0 Å². The lowest BCUT2D eigenvalue weighted by molar-refractivity contribution is 0.373. The molecule has 0 aliphatic carbocycles. The Hall–Kier alpha value is -2.41. The van der Waals surface area contributed by atoms with E-state index in [2.05, 4.69) is 31.1 Å².